The summed E-state index contributed by atoms with van der Waals surface area (Å²) in [5.41, 5.74) is 2.61. The molecular formula is C27H32N6O2. The monoisotopic (exact) mass is 472 g/mol. The molecule has 0 unspecified atom stereocenters. The third-order valence-corrected chi connectivity index (χ3v) is 7.04. The zero-order valence-corrected chi connectivity index (χ0v) is 20.4. The second kappa shape index (κ2) is 10.4. The smallest absolute Gasteiger partial charge is 0.252 e. The van der Waals surface area contributed by atoms with Crippen LogP contribution in [0.15, 0.2) is 59.4 Å². The largest absolute Gasteiger partial charge is 0.497 e. The quantitative estimate of drug-likeness (QED) is 0.377. The van der Waals surface area contributed by atoms with Crippen molar-refractivity contribution in [2.24, 2.45) is 0 Å². The van der Waals surface area contributed by atoms with E-state index in [1.807, 2.05) is 47.1 Å². The summed E-state index contributed by atoms with van der Waals surface area (Å²) in [7, 11) is 1.65. The first-order chi connectivity index (χ1) is 17.2. The lowest BCUT2D eigenvalue weighted by Gasteiger charge is -2.31. The maximum atomic E-state index is 13.1. The molecule has 0 spiro atoms. The van der Waals surface area contributed by atoms with Gasteiger partial charge in [-0.15, -0.1) is 5.10 Å². The molecule has 35 heavy (non-hydrogen) atoms. The van der Waals surface area contributed by atoms with E-state index in [2.05, 4.69) is 44.5 Å². The molecule has 182 valence electrons. The van der Waals surface area contributed by atoms with Gasteiger partial charge in [-0.25, -0.2) is 4.68 Å². The van der Waals surface area contributed by atoms with Crippen LogP contribution in [0.2, 0.25) is 0 Å². The molecule has 1 aliphatic carbocycles. The Bertz CT molecular complexity index is 1330. The number of hydrogen-bond acceptors (Lipinski definition) is 6. The number of aromatic nitrogens is 5. The number of tetrazole rings is 1. The summed E-state index contributed by atoms with van der Waals surface area (Å²) in [6.45, 7) is 3.33. The summed E-state index contributed by atoms with van der Waals surface area (Å²) in [6.07, 6.45) is 5.48. The number of nitrogens with zero attached hydrogens (tertiary/aromatic N) is 5. The van der Waals surface area contributed by atoms with E-state index in [4.69, 9.17) is 4.74 Å². The molecule has 1 N–H and O–H groups in total. The minimum absolute atomic E-state index is 0.0220. The minimum atomic E-state index is -0.0778. The van der Waals surface area contributed by atoms with Gasteiger partial charge in [0.2, 0.25) is 0 Å². The molecule has 0 saturated heterocycles. The average Bonchev–Trinajstić information content (AvgIpc) is 3.58. The van der Waals surface area contributed by atoms with Crippen molar-refractivity contribution < 1.29 is 4.74 Å². The van der Waals surface area contributed by atoms with Gasteiger partial charge in [-0.2, -0.15) is 0 Å². The zero-order valence-electron chi connectivity index (χ0n) is 20.4. The molecular weight excluding hydrogens is 440 g/mol. The van der Waals surface area contributed by atoms with Gasteiger partial charge in [0.15, 0.2) is 5.82 Å². The molecule has 2 heterocycles. The number of rotatable bonds is 9. The molecule has 1 saturated carbocycles. The average molecular weight is 473 g/mol. The molecule has 1 fully saturated rings. The highest BCUT2D eigenvalue weighted by Gasteiger charge is 2.29. The standard InChI is InChI=1S/C27H32N6O2/c1-3-25(26-29-30-31-33(26)22-11-7-8-12-22)32(17-19-9-5-4-6-10-19)18-21-15-20-16-23(35-2)13-14-24(20)28-27(21)34/h4-6,9-10,13-16,22,25H,3,7-8,11-12,17-18H2,1-2H3,(H,28,34)/t25-/m1/s1. The van der Waals surface area contributed by atoms with Gasteiger partial charge in [0.25, 0.3) is 5.56 Å². The van der Waals surface area contributed by atoms with Gasteiger partial charge in [0, 0.05) is 29.6 Å². The van der Waals surface area contributed by atoms with Crippen LogP contribution in [0.4, 0.5) is 0 Å². The number of methoxy groups -OCH3 is 1. The molecule has 0 amide bonds. The van der Waals surface area contributed by atoms with E-state index in [0.29, 0.717) is 24.7 Å². The predicted molar refractivity (Wildman–Crippen MR) is 135 cm³/mol. The molecule has 8 heteroatoms. The number of nitrogens with one attached hydrogen (secondary N) is 1. The second-order valence-electron chi connectivity index (χ2n) is 9.31. The molecule has 1 aliphatic rings. The van der Waals surface area contributed by atoms with Gasteiger partial charge < -0.3 is 9.72 Å². The number of fused-ring (bicyclic) bond motifs is 1. The van der Waals surface area contributed by atoms with E-state index in [9.17, 15) is 4.79 Å². The lowest BCUT2D eigenvalue weighted by atomic mass is 10.1. The van der Waals surface area contributed by atoms with Crippen LogP contribution in [0.25, 0.3) is 10.9 Å². The van der Waals surface area contributed by atoms with Crippen molar-refractivity contribution in [1.82, 2.24) is 30.1 Å². The van der Waals surface area contributed by atoms with Crippen LogP contribution in [0, 0.1) is 0 Å². The van der Waals surface area contributed by atoms with Gasteiger partial charge in [0.05, 0.1) is 19.2 Å². The molecule has 0 radical (unpaired) electrons. The van der Waals surface area contributed by atoms with Gasteiger partial charge in [-0.1, -0.05) is 50.1 Å². The lowest BCUT2D eigenvalue weighted by Crippen LogP contribution is -2.32. The summed E-state index contributed by atoms with van der Waals surface area (Å²) >= 11 is 0. The Hall–Kier alpha value is -3.52. The summed E-state index contributed by atoms with van der Waals surface area (Å²) in [6, 6.07) is 18.3. The van der Waals surface area contributed by atoms with Crippen LogP contribution in [0.5, 0.6) is 5.75 Å². The summed E-state index contributed by atoms with van der Waals surface area (Å²) in [4.78, 5) is 18.5. The van der Waals surface area contributed by atoms with Gasteiger partial charge in [0.1, 0.15) is 5.75 Å². The Morgan fingerprint density at radius 1 is 1.11 bits per heavy atom. The Balaban J connectivity index is 1.53. The van der Waals surface area contributed by atoms with Gasteiger partial charge in [-0.05, 0) is 59.5 Å². The van der Waals surface area contributed by atoms with E-state index in [0.717, 1.165) is 41.7 Å². The molecule has 1 atom stereocenters. The third-order valence-electron chi connectivity index (χ3n) is 7.04. The number of aromatic amines is 1. The van der Waals surface area contributed by atoms with Gasteiger partial charge in [-0.3, -0.25) is 9.69 Å². The van der Waals surface area contributed by atoms with Crippen molar-refractivity contribution in [1.29, 1.82) is 0 Å². The zero-order chi connectivity index (χ0) is 24.2. The van der Waals surface area contributed by atoms with Crippen molar-refractivity contribution in [3.63, 3.8) is 0 Å². The number of ether oxygens (including phenoxy) is 1. The van der Waals surface area contributed by atoms with Crippen molar-refractivity contribution in [3.8, 4) is 5.75 Å². The highest BCUT2D eigenvalue weighted by atomic mass is 16.5. The van der Waals surface area contributed by atoms with Crippen molar-refractivity contribution in [3.05, 3.63) is 81.9 Å². The van der Waals surface area contributed by atoms with Gasteiger partial charge >= 0.3 is 0 Å². The summed E-state index contributed by atoms with van der Waals surface area (Å²) in [5.74, 6) is 1.65. The van der Waals surface area contributed by atoms with Crippen molar-refractivity contribution in [2.45, 2.75) is 64.2 Å². The molecule has 5 rings (SSSR count). The van der Waals surface area contributed by atoms with Crippen LogP contribution in [-0.2, 0) is 13.1 Å². The van der Waals surface area contributed by atoms with Crippen molar-refractivity contribution >= 4 is 10.9 Å². The second-order valence-corrected chi connectivity index (χ2v) is 9.31. The summed E-state index contributed by atoms with van der Waals surface area (Å²) in [5, 5.41) is 13.9. The first kappa shape index (κ1) is 23.2. The fourth-order valence-corrected chi connectivity index (χ4v) is 5.22. The SMILES string of the molecule is CC[C@H](c1nnnn1C1CCCC1)N(Cc1ccccc1)Cc1cc2cc(OC)ccc2[nH]c1=O. The van der Waals surface area contributed by atoms with E-state index in [1.54, 1.807) is 7.11 Å². The molecule has 4 aromatic rings. The molecule has 8 nitrogen and oxygen atoms in total. The number of pyridine rings is 1. The third kappa shape index (κ3) is 4.98. The molecule has 2 aromatic heterocycles. The maximum absolute atomic E-state index is 13.1. The topological polar surface area (TPSA) is 88.9 Å². The molecule has 0 bridgehead atoms. The minimum Gasteiger partial charge on any atom is -0.497 e. The van der Waals surface area contributed by atoms with Crippen LogP contribution < -0.4 is 10.3 Å². The van der Waals surface area contributed by atoms with E-state index < -0.39 is 0 Å². The number of H-pyrrole nitrogens is 1. The van der Waals surface area contributed by atoms with Crippen LogP contribution in [-0.4, -0.2) is 37.2 Å². The number of benzene rings is 2. The molecule has 2 aromatic carbocycles. The first-order valence-electron chi connectivity index (χ1n) is 12.4. The van der Waals surface area contributed by atoms with Crippen LogP contribution in [0.1, 0.15) is 68.1 Å². The van der Waals surface area contributed by atoms with E-state index in [-0.39, 0.29) is 11.6 Å². The Morgan fingerprint density at radius 2 is 1.91 bits per heavy atom. The predicted octanol–water partition coefficient (Wildman–Crippen LogP) is 4.79. The highest BCUT2D eigenvalue weighted by molar-refractivity contribution is 5.80. The first-order valence-corrected chi connectivity index (χ1v) is 12.4. The maximum Gasteiger partial charge on any atom is 0.252 e. The molecule has 0 aliphatic heterocycles. The highest BCUT2D eigenvalue weighted by Crippen LogP contribution is 2.33. The Kier molecular flexibility index (Phi) is 6.90. The fraction of sp³-hybridized carbons (Fsp3) is 0.407. The van der Waals surface area contributed by atoms with Crippen molar-refractivity contribution in [2.75, 3.05) is 7.11 Å². The van der Waals surface area contributed by atoms with E-state index >= 15 is 0 Å². The summed E-state index contributed by atoms with van der Waals surface area (Å²) < 4.78 is 7.43. The lowest BCUT2D eigenvalue weighted by molar-refractivity contribution is 0.158. The normalized spacial score (nSPS) is 15.2. The Morgan fingerprint density at radius 3 is 2.66 bits per heavy atom. The van der Waals surface area contributed by atoms with Crippen LogP contribution in [0.3, 0.4) is 0 Å². The van der Waals surface area contributed by atoms with Crippen LogP contribution >= 0.6 is 0 Å². The fourth-order valence-electron chi connectivity index (χ4n) is 5.22. The number of hydrogen-bond donors (Lipinski definition) is 1. The Labute approximate surface area is 204 Å². The van der Waals surface area contributed by atoms with E-state index in [1.165, 1.54) is 18.4 Å².